The molecule has 1 heterocycles. The SMILES string of the molecule is CCCC(C)C(Cc1cc(Br)cs1)NC. The van der Waals surface area contributed by atoms with Gasteiger partial charge in [0.25, 0.3) is 0 Å². The lowest BCUT2D eigenvalue weighted by molar-refractivity contribution is 0.373. The van der Waals surface area contributed by atoms with Gasteiger partial charge in [0.05, 0.1) is 0 Å². The van der Waals surface area contributed by atoms with Gasteiger partial charge in [-0.3, -0.25) is 0 Å². The van der Waals surface area contributed by atoms with Crippen LogP contribution in [0.25, 0.3) is 0 Å². The molecule has 0 fully saturated rings. The number of hydrogen-bond acceptors (Lipinski definition) is 2. The van der Waals surface area contributed by atoms with Gasteiger partial charge in [0, 0.05) is 20.8 Å². The topological polar surface area (TPSA) is 12.0 Å². The molecule has 15 heavy (non-hydrogen) atoms. The smallest absolute Gasteiger partial charge is 0.0285 e. The van der Waals surface area contributed by atoms with E-state index >= 15 is 0 Å². The summed E-state index contributed by atoms with van der Waals surface area (Å²) in [7, 11) is 2.07. The van der Waals surface area contributed by atoms with Crippen molar-refractivity contribution in [3.63, 3.8) is 0 Å². The lowest BCUT2D eigenvalue weighted by Gasteiger charge is -2.22. The zero-order valence-electron chi connectivity index (χ0n) is 9.72. The van der Waals surface area contributed by atoms with Gasteiger partial charge in [-0.2, -0.15) is 0 Å². The van der Waals surface area contributed by atoms with Gasteiger partial charge < -0.3 is 5.32 Å². The van der Waals surface area contributed by atoms with Crippen LogP contribution in [0.5, 0.6) is 0 Å². The van der Waals surface area contributed by atoms with Crippen molar-refractivity contribution in [2.75, 3.05) is 7.05 Å². The lowest BCUT2D eigenvalue weighted by Crippen LogP contribution is -2.33. The Labute approximate surface area is 105 Å². The minimum absolute atomic E-state index is 0.607. The standard InChI is InChI=1S/C12H20BrNS/c1-4-5-9(2)12(14-3)7-11-6-10(13)8-15-11/h6,8-9,12,14H,4-5,7H2,1-3H3. The normalized spacial score (nSPS) is 15.2. The van der Waals surface area contributed by atoms with Crippen LogP contribution in [0.2, 0.25) is 0 Å². The van der Waals surface area contributed by atoms with Crippen LogP contribution in [-0.4, -0.2) is 13.1 Å². The second-order valence-corrected chi connectivity index (χ2v) is 6.01. The number of halogens is 1. The minimum Gasteiger partial charge on any atom is -0.316 e. The zero-order valence-corrected chi connectivity index (χ0v) is 12.1. The molecule has 0 spiro atoms. The van der Waals surface area contributed by atoms with Gasteiger partial charge in [0.1, 0.15) is 0 Å². The second kappa shape index (κ2) is 6.66. The summed E-state index contributed by atoms with van der Waals surface area (Å²) >= 11 is 5.34. The fourth-order valence-corrected chi connectivity index (χ4v) is 3.43. The summed E-state index contributed by atoms with van der Waals surface area (Å²) in [5, 5.41) is 5.59. The summed E-state index contributed by atoms with van der Waals surface area (Å²) in [4.78, 5) is 1.46. The summed E-state index contributed by atoms with van der Waals surface area (Å²) in [6.07, 6.45) is 3.72. The first-order valence-electron chi connectivity index (χ1n) is 5.57. The Morgan fingerprint density at radius 2 is 2.27 bits per heavy atom. The molecular weight excluding hydrogens is 270 g/mol. The fourth-order valence-electron chi connectivity index (χ4n) is 1.92. The molecule has 1 aromatic rings. The molecule has 0 bridgehead atoms. The van der Waals surface area contributed by atoms with E-state index in [1.165, 1.54) is 22.2 Å². The van der Waals surface area contributed by atoms with Crippen molar-refractivity contribution in [1.82, 2.24) is 5.32 Å². The number of hydrogen-bond donors (Lipinski definition) is 1. The Morgan fingerprint density at radius 1 is 1.53 bits per heavy atom. The van der Waals surface area contributed by atoms with E-state index in [9.17, 15) is 0 Å². The number of likely N-dealkylation sites (N-methyl/N-ethyl adjacent to an activating group) is 1. The molecule has 1 N–H and O–H groups in total. The van der Waals surface area contributed by atoms with Crippen LogP contribution in [0.1, 0.15) is 31.6 Å². The van der Waals surface area contributed by atoms with Crippen molar-refractivity contribution >= 4 is 27.3 Å². The average Bonchev–Trinajstić information content (AvgIpc) is 2.61. The lowest BCUT2D eigenvalue weighted by atomic mass is 9.94. The first-order valence-corrected chi connectivity index (χ1v) is 7.24. The van der Waals surface area contributed by atoms with E-state index < -0.39 is 0 Å². The molecule has 1 nitrogen and oxygen atoms in total. The molecule has 0 aliphatic heterocycles. The molecule has 0 saturated carbocycles. The molecule has 0 aromatic carbocycles. The molecule has 1 aromatic heterocycles. The molecule has 1 rings (SSSR count). The molecule has 0 aliphatic rings. The number of thiophene rings is 1. The third-order valence-electron chi connectivity index (χ3n) is 2.84. The first kappa shape index (κ1) is 13.2. The van der Waals surface area contributed by atoms with Crippen LogP contribution >= 0.6 is 27.3 Å². The number of nitrogens with one attached hydrogen (secondary N) is 1. The monoisotopic (exact) mass is 289 g/mol. The van der Waals surface area contributed by atoms with Crippen molar-refractivity contribution in [3.05, 3.63) is 20.8 Å². The van der Waals surface area contributed by atoms with E-state index in [0.29, 0.717) is 6.04 Å². The Morgan fingerprint density at radius 3 is 2.73 bits per heavy atom. The van der Waals surface area contributed by atoms with Crippen molar-refractivity contribution in [3.8, 4) is 0 Å². The van der Waals surface area contributed by atoms with Gasteiger partial charge in [0.15, 0.2) is 0 Å². The van der Waals surface area contributed by atoms with Crippen molar-refractivity contribution in [1.29, 1.82) is 0 Å². The van der Waals surface area contributed by atoms with Gasteiger partial charge >= 0.3 is 0 Å². The molecule has 86 valence electrons. The van der Waals surface area contributed by atoms with Crippen LogP contribution in [0.4, 0.5) is 0 Å². The van der Waals surface area contributed by atoms with Crippen LogP contribution in [0, 0.1) is 5.92 Å². The Hall–Kier alpha value is 0.140. The highest BCUT2D eigenvalue weighted by Crippen LogP contribution is 2.23. The van der Waals surface area contributed by atoms with Crippen molar-refractivity contribution in [2.45, 2.75) is 39.2 Å². The van der Waals surface area contributed by atoms with Crippen LogP contribution in [0.3, 0.4) is 0 Å². The fraction of sp³-hybridized carbons (Fsp3) is 0.667. The highest BCUT2D eigenvalue weighted by atomic mass is 79.9. The van der Waals surface area contributed by atoms with E-state index in [4.69, 9.17) is 0 Å². The highest BCUT2D eigenvalue weighted by molar-refractivity contribution is 9.10. The first-order chi connectivity index (χ1) is 7.17. The highest BCUT2D eigenvalue weighted by Gasteiger charge is 2.15. The number of rotatable bonds is 6. The Balaban J connectivity index is 2.53. The van der Waals surface area contributed by atoms with E-state index in [-0.39, 0.29) is 0 Å². The molecule has 0 aliphatic carbocycles. The van der Waals surface area contributed by atoms with Gasteiger partial charge in [-0.1, -0.05) is 20.3 Å². The van der Waals surface area contributed by atoms with Gasteiger partial charge in [-0.15, -0.1) is 11.3 Å². The second-order valence-electron chi connectivity index (χ2n) is 4.10. The molecule has 2 unspecified atom stereocenters. The summed E-state index contributed by atoms with van der Waals surface area (Å²) < 4.78 is 1.21. The van der Waals surface area contributed by atoms with E-state index in [0.717, 1.165) is 12.3 Å². The van der Waals surface area contributed by atoms with Crippen LogP contribution in [0.15, 0.2) is 15.9 Å². The molecule has 0 amide bonds. The van der Waals surface area contributed by atoms with E-state index in [1.807, 2.05) is 11.3 Å². The van der Waals surface area contributed by atoms with Crippen LogP contribution < -0.4 is 5.32 Å². The summed E-state index contributed by atoms with van der Waals surface area (Å²) in [5.41, 5.74) is 0. The summed E-state index contributed by atoms with van der Waals surface area (Å²) in [6, 6.07) is 2.84. The predicted molar refractivity (Wildman–Crippen MR) is 72.6 cm³/mol. The van der Waals surface area contributed by atoms with E-state index in [2.05, 4.69) is 53.6 Å². The largest absolute Gasteiger partial charge is 0.316 e. The molecule has 3 heteroatoms. The predicted octanol–water partition coefficient (Wildman–Crippen LogP) is 4.08. The molecular formula is C12H20BrNS. The molecule has 0 radical (unpaired) electrons. The third kappa shape index (κ3) is 4.25. The van der Waals surface area contributed by atoms with Crippen molar-refractivity contribution in [2.24, 2.45) is 5.92 Å². The van der Waals surface area contributed by atoms with Crippen molar-refractivity contribution < 1.29 is 0 Å². The summed E-state index contributed by atoms with van der Waals surface area (Å²) in [6.45, 7) is 4.60. The maximum Gasteiger partial charge on any atom is 0.0285 e. The zero-order chi connectivity index (χ0) is 11.3. The Kier molecular flexibility index (Phi) is 5.87. The summed E-state index contributed by atoms with van der Waals surface area (Å²) in [5.74, 6) is 0.751. The third-order valence-corrected chi connectivity index (χ3v) is 4.56. The molecule has 2 atom stereocenters. The molecule has 0 saturated heterocycles. The van der Waals surface area contributed by atoms with Gasteiger partial charge in [-0.25, -0.2) is 0 Å². The van der Waals surface area contributed by atoms with E-state index in [1.54, 1.807) is 0 Å². The maximum atomic E-state index is 3.50. The average molecular weight is 290 g/mol. The maximum absolute atomic E-state index is 3.50. The van der Waals surface area contributed by atoms with Crippen LogP contribution in [-0.2, 0) is 6.42 Å². The minimum atomic E-state index is 0.607. The Bertz CT molecular complexity index is 285. The van der Waals surface area contributed by atoms with Gasteiger partial charge in [-0.05, 0) is 47.8 Å². The quantitative estimate of drug-likeness (QED) is 0.832. The van der Waals surface area contributed by atoms with Gasteiger partial charge in [0.2, 0.25) is 0 Å².